The molecule has 0 bridgehead atoms. The molecule has 2 fully saturated rings. The number of rotatable bonds is 7. The summed E-state index contributed by atoms with van der Waals surface area (Å²) in [7, 11) is 3.15. The normalized spacial score (nSPS) is 27.3. The minimum Gasteiger partial charge on any atom is -0.359 e. The smallest absolute Gasteiger partial charge is 0.242 e. The molecule has 1 saturated carbocycles. The van der Waals surface area contributed by atoms with Crippen LogP contribution in [0.2, 0.25) is 0 Å². The minimum absolute atomic E-state index is 0.0377. The van der Waals surface area contributed by atoms with Crippen LogP contribution in [0.4, 0.5) is 0 Å². The fraction of sp³-hybridized carbons (Fsp3) is 0.765. The van der Waals surface area contributed by atoms with Gasteiger partial charge in [0.2, 0.25) is 23.6 Å². The van der Waals surface area contributed by atoms with Crippen LogP contribution in [0.15, 0.2) is 0 Å². The molecular weight excluding hydrogens is 356 g/mol. The maximum absolute atomic E-state index is 12.5. The molecule has 0 spiro atoms. The van der Waals surface area contributed by atoms with Crippen molar-refractivity contribution in [3.05, 3.63) is 0 Å². The fourth-order valence-corrected chi connectivity index (χ4v) is 4.65. The summed E-state index contributed by atoms with van der Waals surface area (Å²) in [6, 6.07) is -0.693. The molecule has 146 valence electrons. The topological polar surface area (TPSA) is 122 Å². The van der Waals surface area contributed by atoms with Crippen LogP contribution in [0.25, 0.3) is 0 Å². The van der Waals surface area contributed by atoms with Gasteiger partial charge in [-0.05, 0) is 31.6 Å². The molecular formula is C17H28N4O4S. The van der Waals surface area contributed by atoms with Crippen molar-refractivity contribution in [3.63, 3.8) is 0 Å². The van der Waals surface area contributed by atoms with Crippen molar-refractivity contribution in [1.82, 2.24) is 15.5 Å². The number of nitrogens with one attached hydrogen (secondary N) is 2. The predicted molar refractivity (Wildman–Crippen MR) is 99.1 cm³/mol. The molecule has 0 aromatic heterocycles. The molecule has 2 rings (SSSR count). The van der Waals surface area contributed by atoms with Crippen molar-refractivity contribution in [2.24, 2.45) is 17.6 Å². The van der Waals surface area contributed by atoms with Crippen LogP contribution in [-0.4, -0.2) is 66.2 Å². The van der Waals surface area contributed by atoms with Crippen LogP contribution in [0.5, 0.6) is 0 Å². The average molecular weight is 385 g/mol. The molecule has 1 saturated heterocycles. The number of thioether (sulfide) groups is 1. The van der Waals surface area contributed by atoms with Crippen molar-refractivity contribution in [3.8, 4) is 0 Å². The van der Waals surface area contributed by atoms with Gasteiger partial charge < -0.3 is 16.4 Å². The SMILES string of the molecule is CNC(=O)C(N)CSC1CC(=O)N(CC2CCC(C(=O)NC)CC2)C1=O. The molecule has 4 amide bonds. The Morgan fingerprint density at radius 2 is 1.85 bits per heavy atom. The minimum atomic E-state index is -0.693. The van der Waals surface area contributed by atoms with Crippen LogP contribution in [-0.2, 0) is 19.2 Å². The Morgan fingerprint density at radius 3 is 2.42 bits per heavy atom. The maximum Gasteiger partial charge on any atom is 0.242 e. The van der Waals surface area contributed by atoms with Crippen molar-refractivity contribution in [2.45, 2.75) is 43.4 Å². The van der Waals surface area contributed by atoms with Crippen LogP contribution in [0.1, 0.15) is 32.1 Å². The molecule has 26 heavy (non-hydrogen) atoms. The third-order valence-corrected chi connectivity index (χ3v) is 6.49. The van der Waals surface area contributed by atoms with E-state index in [1.807, 2.05) is 0 Å². The zero-order chi connectivity index (χ0) is 19.3. The maximum atomic E-state index is 12.5. The highest BCUT2D eigenvalue weighted by Crippen LogP contribution is 2.32. The van der Waals surface area contributed by atoms with Gasteiger partial charge in [-0.2, -0.15) is 0 Å². The van der Waals surface area contributed by atoms with E-state index < -0.39 is 11.3 Å². The summed E-state index contributed by atoms with van der Waals surface area (Å²) >= 11 is 1.27. The van der Waals surface area contributed by atoms with E-state index in [1.165, 1.54) is 23.7 Å². The van der Waals surface area contributed by atoms with Crippen LogP contribution in [0, 0.1) is 11.8 Å². The third kappa shape index (κ3) is 4.97. The van der Waals surface area contributed by atoms with Gasteiger partial charge in [0, 0.05) is 38.7 Å². The standard InChI is InChI=1S/C17H28N4O4S/c1-19-15(23)11-5-3-10(4-6-11)8-21-14(22)7-13(17(21)25)26-9-12(18)16(24)20-2/h10-13H,3-9,18H2,1-2H3,(H,19,23)(H,20,24). The first-order valence-corrected chi connectivity index (χ1v) is 10.1. The van der Waals surface area contributed by atoms with E-state index in [4.69, 9.17) is 5.73 Å². The van der Waals surface area contributed by atoms with Gasteiger partial charge in [-0.15, -0.1) is 11.8 Å². The van der Waals surface area contributed by atoms with Gasteiger partial charge in [0.1, 0.15) is 0 Å². The molecule has 1 aliphatic heterocycles. The van der Waals surface area contributed by atoms with E-state index in [0.717, 1.165) is 25.7 Å². The molecule has 2 unspecified atom stereocenters. The number of amides is 4. The Morgan fingerprint density at radius 1 is 1.19 bits per heavy atom. The summed E-state index contributed by atoms with van der Waals surface area (Å²) < 4.78 is 0. The third-order valence-electron chi connectivity index (χ3n) is 5.17. The Bertz CT molecular complexity index is 563. The Labute approximate surface area is 158 Å². The Balaban J connectivity index is 1.82. The number of hydrogen-bond donors (Lipinski definition) is 3. The number of imide groups is 1. The lowest BCUT2D eigenvalue weighted by Crippen LogP contribution is -2.41. The number of nitrogens with zero attached hydrogens (tertiary/aromatic N) is 1. The second kappa shape index (κ2) is 9.36. The Hall–Kier alpha value is -1.61. The van der Waals surface area contributed by atoms with Gasteiger partial charge in [-0.25, -0.2) is 0 Å². The average Bonchev–Trinajstić information content (AvgIpc) is 2.92. The number of nitrogens with two attached hydrogens (primary N) is 1. The number of likely N-dealkylation sites (N-methyl/N-ethyl adjacent to an activating group) is 1. The monoisotopic (exact) mass is 384 g/mol. The van der Waals surface area contributed by atoms with E-state index in [2.05, 4.69) is 10.6 Å². The molecule has 8 nitrogen and oxygen atoms in total. The van der Waals surface area contributed by atoms with Gasteiger partial charge in [-0.3, -0.25) is 24.1 Å². The first-order valence-electron chi connectivity index (χ1n) is 9.01. The van der Waals surface area contributed by atoms with E-state index in [9.17, 15) is 19.2 Å². The predicted octanol–water partition coefficient (Wildman–Crippen LogP) is -0.527. The van der Waals surface area contributed by atoms with E-state index >= 15 is 0 Å². The van der Waals surface area contributed by atoms with Gasteiger partial charge in [-0.1, -0.05) is 0 Å². The van der Waals surface area contributed by atoms with Crippen molar-refractivity contribution < 1.29 is 19.2 Å². The summed E-state index contributed by atoms with van der Waals surface area (Å²) in [5.41, 5.74) is 5.74. The van der Waals surface area contributed by atoms with Crippen molar-refractivity contribution >= 4 is 35.4 Å². The van der Waals surface area contributed by atoms with E-state index in [1.54, 1.807) is 7.05 Å². The van der Waals surface area contributed by atoms with Crippen LogP contribution >= 0.6 is 11.8 Å². The van der Waals surface area contributed by atoms with Gasteiger partial charge in [0.25, 0.3) is 0 Å². The van der Waals surface area contributed by atoms with Crippen molar-refractivity contribution in [1.29, 1.82) is 0 Å². The Kier molecular flexibility index (Phi) is 7.45. The molecule has 9 heteroatoms. The highest BCUT2D eigenvalue weighted by molar-refractivity contribution is 8.00. The molecule has 0 aromatic rings. The lowest BCUT2D eigenvalue weighted by Gasteiger charge is -2.29. The van der Waals surface area contributed by atoms with E-state index in [0.29, 0.717) is 12.3 Å². The van der Waals surface area contributed by atoms with E-state index in [-0.39, 0.29) is 41.9 Å². The lowest BCUT2D eigenvalue weighted by molar-refractivity contribution is -0.139. The zero-order valence-electron chi connectivity index (χ0n) is 15.3. The number of carbonyl (C=O) groups excluding carboxylic acids is 4. The second-order valence-corrected chi connectivity index (χ2v) is 8.16. The molecule has 2 atom stereocenters. The van der Waals surface area contributed by atoms with Crippen LogP contribution < -0.4 is 16.4 Å². The quantitative estimate of drug-likeness (QED) is 0.508. The number of carbonyl (C=O) groups is 4. The fourth-order valence-electron chi connectivity index (χ4n) is 3.53. The molecule has 1 aliphatic carbocycles. The summed E-state index contributed by atoms with van der Waals surface area (Å²) in [6.45, 7) is 0.427. The molecule has 0 radical (unpaired) electrons. The zero-order valence-corrected chi connectivity index (χ0v) is 16.1. The number of likely N-dealkylation sites (tertiary alicyclic amines) is 1. The first kappa shape index (κ1) is 20.7. The van der Waals surface area contributed by atoms with Gasteiger partial charge in [0.15, 0.2) is 0 Å². The molecule has 0 aromatic carbocycles. The summed E-state index contributed by atoms with van der Waals surface area (Å²) in [4.78, 5) is 49.3. The van der Waals surface area contributed by atoms with Gasteiger partial charge in [0.05, 0.1) is 11.3 Å². The number of hydrogen-bond acceptors (Lipinski definition) is 6. The highest BCUT2D eigenvalue weighted by atomic mass is 32.2. The second-order valence-electron chi connectivity index (χ2n) is 6.92. The first-order chi connectivity index (χ1) is 12.4. The van der Waals surface area contributed by atoms with Gasteiger partial charge >= 0.3 is 0 Å². The summed E-state index contributed by atoms with van der Waals surface area (Å²) in [5, 5.41) is 4.69. The van der Waals surface area contributed by atoms with Crippen LogP contribution in [0.3, 0.4) is 0 Å². The highest BCUT2D eigenvalue weighted by Gasteiger charge is 2.40. The van der Waals surface area contributed by atoms with Crippen molar-refractivity contribution in [2.75, 3.05) is 26.4 Å². The largest absolute Gasteiger partial charge is 0.359 e. The molecule has 2 aliphatic rings. The molecule has 4 N–H and O–H groups in total. The summed E-state index contributed by atoms with van der Waals surface area (Å²) in [5.74, 6) is 0.0390. The lowest BCUT2D eigenvalue weighted by atomic mass is 9.81. The summed E-state index contributed by atoms with van der Waals surface area (Å²) in [6.07, 6.45) is 3.43. The molecule has 1 heterocycles.